The molecule has 1 N–H and O–H groups in total. The van der Waals surface area contributed by atoms with Crippen molar-refractivity contribution in [2.75, 3.05) is 5.32 Å². The van der Waals surface area contributed by atoms with Crippen molar-refractivity contribution in [3.8, 4) is 0 Å². The topological polar surface area (TPSA) is 12.0 Å². The van der Waals surface area contributed by atoms with Crippen LogP contribution in [0, 0.1) is 11.7 Å². The predicted octanol–water partition coefficient (Wildman–Crippen LogP) is 5.04. The Balaban J connectivity index is 1.84. The summed E-state index contributed by atoms with van der Waals surface area (Å²) >= 11 is 5.71. The number of hydrogen-bond donors (Lipinski definition) is 1. The summed E-state index contributed by atoms with van der Waals surface area (Å²) in [5.74, 6) is 0.260. The SMILES string of the molecule is Fc1cc(NC(c2ccccc2)C2CC2)ccc1Cl. The van der Waals surface area contributed by atoms with Gasteiger partial charge in [-0.2, -0.15) is 0 Å². The van der Waals surface area contributed by atoms with E-state index < -0.39 is 0 Å². The van der Waals surface area contributed by atoms with Gasteiger partial charge >= 0.3 is 0 Å². The van der Waals surface area contributed by atoms with Gasteiger partial charge in [0.25, 0.3) is 0 Å². The number of hydrogen-bond acceptors (Lipinski definition) is 1. The van der Waals surface area contributed by atoms with Crippen LogP contribution in [0.3, 0.4) is 0 Å². The van der Waals surface area contributed by atoms with Crippen LogP contribution in [-0.4, -0.2) is 0 Å². The van der Waals surface area contributed by atoms with Crippen LogP contribution in [0.15, 0.2) is 48.5 Å². The highest BCUT2D eigenvalue weighted by Crippen LogP contribution is 2.42. The van der Waals surface area contributed by atoms with Crippen molar-refractivity contribution < 1.29 is 4.39 Å². The van der Waals surface area contributed by atoms with Crippen molar-refractivity contribution in [3.63, 3.8) is 0 Å². The van der Waals surface area contributed by atoms with E-state index in [1.807, 2.05) is 24.3 Å². The molecular weight excluding hydrogens is 261 g/mol. The van der Waals surface area contributed by atoms with E-state index in [1.54, 1.807) is 6.07 Å². The maximum atomic E-state index is 13.5. The summed E-state index contributed by atoms with van der Waals surface area (Å²) in [5, 5.41) is 3.59. The Hall–Kier alpha value is -1.54. The molecule has 1 saturated carbocycles. The smallest absolute Gasteiger partial charge is 0.143 e. The highest BCUT2D eigenvalue weighted by Gasteiger charge is 2.32. The van der Waals surface area contributed by atoms with E-state index in [9.17, 15) is 4.39 Å². The van der Waals surface area contributed by atoms with Gasteiger partial charge in [-0.05, 0) is 42.5 Å². The molecule has 2 aromatic carbocycles. The molecule has 0 saturated heterocycles. The number of nitrogens with one attached hydrogen (secondary N) is 1. The van der Waals surface area contributed by atoms with Crippen LogP contribution in [-0.2, 0) is 0 Å². The molecule has 0 spiro atoms. The Kier molecular flexibility index (Phi) is 3.43. The molecule has 0 bridgehead atoms. The van der Waals surface area contributed by atoms with Crippen molar-refractivity contribution in [3.05, 3.63) is 64.9 Å². The average molecular weight is 276 g/mol. The van der Waals surface area contributed by atoms with Crippen LogP contribution in [0.4, 0.5) is 10.1 Å². The normalized spacial score (nSPS) is 16.1. The van der Waals surface area contributed by atoms with Crippen LogP contribution in [0.2, 0.25) is 5.02 Å². The quantitative estimate of drug-likeness (QED) is 0.824. The summed E-state index contributed by atoms with van der Waals surface area (Å²) in [6.07, 6.45) is 2.45. The molecule has 1 nitrogen and oxygen atoms in total. The fraction of sp³-hybridized carbons (Fsp3) is 0.250. The van der Waals surface area contributed by atoms with Gasteiger partial charge in [0.2, 0.25) is 0 Å². The third-order valence-electron chi connectivity index (χ3n) is 3.49. The van der Waals surface area contributed by atoms with Crippen LogP contribution in [0.5, 0.6) is 0 Å². The van der Waals surface area contributed by atoms with Gasteiger partial charge in [-0.3, -0.25) is 0 Å². The molecule has 98 valence electrons. The summed E-state index contributed by atoms with van der Waals surface area (Å²) < 4.78 is 13.5. The van der Waals surface area contributed by atoms with E-state index >= 15 is 0 Å². The maximum Gasteiger partial charge on any atom is 0.143 e. The van der Waals surface area contributed by atoms with E-state index in [2.05, 4.69) is 17.4 Å². The lowest BCUT2D eigenvalue weighted by Gasteiger charge is -2.20. The molecule has 3 rings (SSSR count). The molecule has 0 heterocycles. The van der Waals surface area contributed by atoms with E-state index in [0.717, 1.165) is 5.69 Å². The van der Waals surface area contributed by atoms with Crippen molar-refractivity contribution in [2.24, 2.45) is 5.92 Å². The first-order valence-corrected chi connectivity index (χ1v) is 6.88. The van der Waals surface area contributed by atoms with Crippen LogP contribution < -0.4 is 5.32 Å². The second kappa shape index (κ2) is 5.22. The first-order valence-electron chi connectivity index (χ1n) is 6.50. The van der Waals surface area contributed by atoms with Gasteiger partial charge < -0.3 is 5.32 Å². The van der Waals surface area contributed by atoms with E-state index in [-0.39, 0.29) is 16.9 Å². The summed E-state index contributed by atoms with van der Waals surface area (Å²) in [6, 6.07) is 15.4. The fourth-order valence-corrected chi connectivity index (χ4v) is 2.45. The molecule has 0 radical (unpaired) electrons. The second-order valence-corrected chi connectivity index (χ2v) is 5.41. The number of benzene rings is 2. The molecular formula is C16H15ClFN. The van der Waals surface area contributed by atoms with Gasteiger partial charge in [0.15, 0.2) is 0 Å². The van der Waals surface area contributed by atoms with Crippen molar-refractivity contribution >= 4 is 17.3 Å². The van der Waals surface area contributed by atoms with Crippen molar-refractivity contribution in [1.29, 1.82) is 0 Å². The van der Waals surface area contributed by atoms with Gasteiger partial charge in [-0.15, -0.1) is 0 Å². The molecule has 0 aliphatic heterocycles. The minimum absolute atomic E-state index is 0.160. The Bertz CT molecular complexity index is 566. The molecule has 0 amide bonds. The zero-order valence-electron chi connectivity index (χ0n) is 10.4. The van der Waals surface area contributed by atoms with E-state index in [4.69, 9.17) is 11.6 Å². The highest BCUT2D eigenvalue weighted by atomic mass is 35.5. The lowest BCUT2D eigenvalue weighted by molar-refractivity contribution is 0.626. The minimum atomic E-state index is -0.380. The van der Waals surface area contributed by atoms with Crippen LogP contribution in [0.25, 0.3) is 0 Å². The van der Waals surface area contributed by atoms with Gasteiger partial charge in [0, 0.05) is 5.69 Å². The molecule has 3 heteroatoms. The van der Waals surface area contributed by atoms with E-state index in [0.29, 0.717) is 5.92 Å². The van der Waals surface area contributed by atoms with E-state index in [1.165, 1.54) is 24.5 Å². The summed E-state index contributed by atoms with van der Waals surface area (Å²) in [7, 11) is 0. The Morgan fingerprint density at radius 1 is 1.11 bits per heavy atom. The summed E-state index contributed by atoms with van der Waals surface area (Å²) in [4.78, 5) is 0. The monoisotopic (exact) mass is 275 g/mol. The molecule has 1 aliphatic rings. The summed E-state index contributed by atoms with van der Waals surface area (Å²) in [5.41, 5.74) is 2.03. The lowest BCUT2D eigenvalue weighted by Crippen LogP contribution is -2.12. The molecule has 1 fully saturated rings. The molecule has 1 aliphatic carbocycles. The second-order valence-electron chi connectivity index (χ2n) is 5.00. The highest BCUT2D eigenvalue weighted by molar-refractivity contribution is 6.30. The van der Waals surface area contributed by atoms with Crippen LogP contribution >= 0.6 is 11.6 Å². The third kappa shape index (κ3) is 2.90. The number of rotatable bonds is 4. The van der Waals surface area contributed by atoms with Gasteiger partial charge in [-0.1, -0.05) is 41.9 Å². The zero-order chi connectivity index (χ0) is 13.2. The number of halogens is 2. The average Bonchev–Trinajstić information content (AvgIpc) is 3.25. The predicted molar refractivity (Wildman–Crippen MR) is 76.9 cm³/mol. The van der Waals surface area contributed by atoms with Gasteiger partial charge in [0.1, 0.15) is 5.82 Å². The molecule has 1 unspecified atom stereocenters. The third-order valence-corrected chi connectivity index (χ3v) is 3.80. The fourth-order valence-electron chi connectivity index (χ4n) is 2.33. The largest absolute Gasteiger partial charge is 0.378 e. The molecule has 1 atom stereocenters. The molecule has 2 aromatic rings. The Morgan fingerprint density at radius 2 is 1.84 bits per heavy atom. The molecule has 19 heavy (non-hydrogen) atoms. The van der Waals surface area contributed by atoms with Gasteiger partial charge in [-0.25, -0.2) is 4.39 Å². The lowest BCUT2D eigenvalue weighted by atomic mass is 10.0. The van der Waals surface area contributed by atoms with Gasteiger partial charge in [0.05, 0.1) is 11.1 Å². The maximum absolute atomic E-state index is 13.5. The number of anilines is 1. The van der Waals surface area contributed by atoms with Crippen molar-refractivity contribution in [2.45, 2.75) is 18.9 Å². The zero-order valence-corrected chi connectivity index (χ0v) is 11.2. The first-order chi connectivity index (χ1) is 9.24. The summed E-state index contributed by atoms with van der Waals surface area (Å²) in [6.45, 7) is 0. The first kappa shape index (κ1) is 12.5. The Labute approximate surface area is 117 Å². The van der Waals surface area contributed by atoms with Crippen LogP contribution in [0.1, 0.15) is 24.4 Å². The minimum Gasteiger partial charge on any atom is -0.378 e. The standard InChI is InChI=1S/C16H15ClFN/c17-14-9-8-13(10-15(14)18)19-16(12-6-7-12)11-4-2-1-3-5-11/h1-5,8-10,12,16,19H,6-7H2. The molecule has 0 aromatic heterocycles. The Morgan fingerprint density at radius 3 is 2.47 bits per heavy atom. The van der Waals surface area contributed by atoms with Crippen molar-refractivity contribution in [1.82, 2.24) is 0 Å².